The van der Waals surface area contributed by atoms with Crippen LogP contribution in [-0.4, -0.2) is 34.0 Å². The van der Waals surface area contributed by atoms with E-state index < -0.39 is 10.1 Å². The number of benzene rings is 3. The van der Waals surface area contributed by atoms with Crippen LogP contribution in [0.5, 0.6) is 17.2 Å². The molecule has 0 saturated heterocycles. The first-order chi connectivity index (χ1) is 16.2. The molecule has 0 atom stereocenters. The van der Waals surface area contributed by atoms with Gasteiger partial charge in [0.2, 0.25) is 0 Å². The molecule has 0 aliphatic heterocycles. The second-order valence-corrected chi connectivity index (χ2v) is 9.16. The van der Waals surface area contributed by atoms with E-state index in [4.69, 9.17) is 25.9 Å². The Balaban J connectivity index is 1.70. The third-order valence-electron chi connectivity index (χ3n) is 4.74. The molecule has 0 fully saturated rings. The number of ether oxygens (including phenoxy) is 2. The SMILES string of the molecule is COc1ccccc1NC(=S)NN=Cc1ccc(OS(=O)(=O)c2cc(C)ccc2C)c(OC)c1. The van der Waals surface area contributed by atoms with Crippen molar-refractivity contribution in [2.45, 2.75) is 18.7 Å². The average Bonchev–Trinajstić information content (AvgIpc) is 2.81. The van der Waals surface area contributed by atoms with Crippen molar-refractivity contribution in [3.05, 3.63) is 77.4 Å². The molecule has 0 aliphatic carbocycles. The number of methoxy groups -OCH3 is 2. The van der Waals surface area contributed by atoms with Gasteiger partial charge in [-0.1, -0.05) is 24.3 Å². The quantitative estimate of drug-likeness (QED) is 0.204. The molecule has 0 amide bonds. The monoisotopic (exact) mass is 499 g/mol. The van der Waals surface area contributed by atoms with Crippen molar-refractivity contribution >= 4 is 39.4 Å². The first-order valence-corrected chi connectivity index (χ1v) is 12.0. The lowest BCUT2D eigenvalue weighted by Gasteiger charge is -2.13. The lowest BCUT2D eigenvalue weighted by molar-refractivity contribution is 0.390. The zero-order valence-corrected chi connectivity index (χ0v) is 20.8. The summed E-state index contributed by atoms with van der Waals surface area (Å²) in [5.74, 6) is 0.959. The fraction of sp³-hybridized carbons (Fsp3) is 0.167. The summed E-state index contributed by atoms with van der Waals surface area (Å²) in [5.41, 5.74) is 5.47. The lowest BCUT2D eigenvalue weighted by Crippen LogP contribution is -2.24. The standard InChI is InChI=1S/C24H25N3O5S2/c1-16-9-10-17(2)23(13-16)34(28,29)32-21-12-11-18(14-22(21)31-4)15-25-27-24(33)26-19-7-5-6-8-20(19)30-3/h5-15H,1-4H3,(H2,26,27,33). The Morgan fingerprint density at radius 2 is 1.68 bits per heavy atom. The van der Waals surface area contributed by atoms with E-state index in [1.807, 2.05) is 37.3 Å². The molecule has 0 unspecified atom stereocenters. The Bertz CT molecular complexity index is 1320. The van der Waals surface area contributed by atoms with Crippen LogP contribution in [0.15, 0.2) is 70.7 Å². The maximum atomic E-state index is 12.8. The number of anilines is 1. The topological polar surface area (TPSA) is 98.2 Å². The van der Waals surface area contributed by atoms with Crippen LogP contribution in [-0.2, 0) is 10.1 Å². The molecule has 3 rings (SSSR count). The van der Waals surface area contributed by atoms with Gasteiger partial charge >= 0.3 is 10.1 Å². The Morgan fingerprint density at radius 1 is 0.941 bits per heavy atom. The van der Waals surface area contributed by atoms with Crippen LogP contribution in [0.25, 0.3) is 0 Å². The van der Waals surface area contributed by atoms with Crippen LogP contribution in [0, 0.1) is 13.8 Å². The summed E-state index contributed by atoms with van der Waals surface area (Å²) < 4.78 is 41.6. The van der Waals surface area contributed by atoms with E-state index >= 15 is 0 Å². The van der Waals surface area contributed by atoms with Gasteiger partial charge in [0.05, 0.1) is 26.1 Å². The van der Waals surface area contributed by atoms with Crippen molar-refractivity contribution in [2.75, 3.05) is 19.5 Å². The Kier molecular flexibility index (Phi) is 8.08. The van der Waals surface area contributed by atoms with Crippen LogP contribution < -0.4 is 24.4 Å². The summed E-state index contributed by atoms with van der Waals surface area (Å²) in [4.78, 5) is 0.112. The summed E-state index contributed by atoms with van der Waals surface area (Å²) in [6.07, 6.45) is 1.52. The van der Waals surface area contributed by atoms with Crippen LogP contribution in [0.4, 0.5) is 5.69 Å². The van der Waals surface area contributed by atoms with Crippen LogP contribution >= 0.6 is 12.2 Å². The second-order valence-electron chi connectivity index (χ2n) is 7.24. The first-order valence-electron chi connectivity index (χ1n) is 10.2. The third-order valence-corrected chi connectivity index (χ3v) is 6.31. The average molecular weight is 500 g/mol. The zero-order valence-electron chi connectivity index (χ0n) is 19.2. The van der Waals surface area contributed by atoms with E-state index in [0.717, 1.165) is 5.56 Å². The number of thiocarbonyl (C=S) groups is 1. The molecule has 8 nitrogen and oxygen atoms in total. The largest absolute Gasteiger partial charge is 0.495 e. The predicted molar refractivity (Wildman–Crippen MR) is 137 cm³/mol. The van der Waals surface area contributed by atoms with E-state index in [-0.39, 0.29) is 21.5 Å². The normalized spacial score (nSPS) is 11.2. The van der Waals surface area contributed by atoms with E-state index in [1.54, 1.807) is 38.3 Å². The fourth-order valence-electron chi connectivity index (χ4n) is 3.04. The molecule has 2 N–H and O–H groups in total. The van der Waals surface area contributed by atoms with E-state index in [0.29, 0.717) is 22.6 Å². The summed E-state index contributed by atoms with van der Waals surface area (Å²) in [7, 11) is -1.04. The number of hydrogen-bond acceptors (Lipinski definition) is 7. The first kappa shape index (κ1) is 25.0. The predicted octanol–water partition coefficient (Wildman–Crippen LogP) is 4.41. The number of hydrogen-bond donors (Lipinski definition) is 2. The molecule has 0 bridgehead atoms. The number of rotatable bonds is 8. The summed E-state index contributed by atoms with van der Waals surface area (Å²) in [6, 6.07) is 17.3. The van der Waals surface area contributed by atoms with Crippen LogP contribution in [0.1, 0.15) is 16.7 Å². The number of nitrogens with one attached hydrogen (secondary N) is 2. The highest BCUT2D eigenvalue weighted by atomic mass is 32.2. The number of hydrazone groups is 1. The third kappa shape index (κ3) is 6.24. The summed E-state index contributed by atoms with van der Waals surface area (Å²) in [5, 5.41) is 7.38. The minimum Gasteiger partial charge on any atom is -0.495 e. The van der Waals surface area contributed by atoms with Gasteiger partial charge in [-0.2, -0.15) is 13.5 Å². The molecule has 0 aromatic heterocycles. The summed E-state index contributed by atoms with van der Waals surface area (Å²) in [6.45, 7) is 3.53. The van der Waals surface area contributed by atoms with Gasteiger partial charge in [-0.25, -0.2) is 0 Å². The van der Waals surface area contributed by atoms with Gasteiger partial charge in [0, 0.05) is 0 Å². The molecule has 178 valence electrons. The van der Waals surface area contributed by atoms with Crippen molar-refractivity contribution in [1.29, 1.82) is 0 Å². The molecule has 3 aromatic carbocycles. The van der Waals surface area contributed by atoms with E-state index in [9.17, 15) is 8.42 Å². The number of nitrogens with zero attached hydrogens (tertiary/aromatic N) is 1. The highest BCUT2D eigenvalue weighted by Gasteiger charge is 2.21. The summed E-state index contributed by atoms with van der Waals surface area (Å²) >= 11 is 5.25. The molecule has 0 aliphatic rings. The van der Waals surface area contributed by atoms with Crippen molar-refractivity contribution < 1.29 is 22.1 Å². The number of para-hydroxylation sites is 2. The fourth-order valence-corrected chi connectivity index (χ4v) is 4.46. The van der Waals surface area contributed by atoms with Crippen molar-refractivity contribution in [3.63, 3.8) is 0 Å². The van der Waals surface area contributed by atoms with Crippen LogP contribution in [0.3, 0.4) is 0 Å². The van der Waals surface area contributed by atoms with Gasteiger partial charge in [-0.05, 0) is 79.2 Å². The number of aryl methyl sites for hydroxylation is 2. The molecule has 0 heterocycles. The molecule has 0 radical (unpaired) electrons. The van der Waals surface area contributed by atoms with Gasteiger partial charge in [-0.15, -0.1) is 0 Å². The molecule has 10 heteroatoms. The Morgan fingerprint density at radius 3 is 2.41 bits per heavy atom. The molecular formula is C24H25N3O5S2. The van der Waals surface area contributed by atoms with E-state index in [1.165, 1.54) is 19.4 Å². The molecule has 34 heavy (non-hydrogen) atoms. The minimum atomic E-state index is -4.04. The maximum Gasteiger partial charge on any atom is 0.339 e. The molecule has 3 aromatic rings. The van der Waals surface area contributed by atoms with Crippen molar-refractivity contribution in [1.82, 2.24) is 5.43 Å². The Hall–Kier alpha value is -3.63. The minimum absolute atomic E-state index is 0.0712. The highest BCUT2D eigenvalue weighted by molar-refractivity contribution is 7.87. The van der Waals surface area contributed by atoms with Gasteiger partial charge in [-0.3, -0.25) is 5.43 Å². The van der Waals surface area contributed by atoms with Gasteiger partial charge in [0.15, 0.2) is 16.6 Å². The van der Waals surface area contributed by atoms with Gasteiger partial charge in [0.25, 0.3) is 0 Å². The molecule has 0 spiro atoms. The maximum absolute atomic E-state index is 12.8. The van der Waals surface area contributed by atoms with Gasteiger partial charge < -0.3 is 19.0 Å². The van der Waals surface area contributed by atoms with Crippen LogP contribution in [0.2, 0.25) is 0 Å². The Labute approximate surface area is 204 Å². The van der Waals surface area contributed by atoms with Crippen molar-refractivity contribution in [2.24, 2.45) is 5.10 Å². The van der Waals surface area contributed by atoms with Gasteiger partial charge in [0.1, 0.15) is 10.6 Å². The second kappa shape index (κ2) is 11.0. The smallest absolute Gasteiger partial charge is 0.339 e. The van der Waals surface area contributed by atoms with E-state index in [2.05, 4.69) is 15.8 Å². The van der Waals surface area contributed by atoms with Crippen molar-refractivity contribution in [3.8, 4) is 17.2 Å². The molecule has 0 saturated carbocycles. The zero-order chi connectivity index (χ0) is 24.7. The highest BCUT2D eigenvalue weighted by Crippen LogP contribution is 2.31. The molecular weight excluding hydrogens is 474 g/mol. The lowest BCUT2D eigenvalue weighted by atomic mass is 10.2.